The van der Waals surface area contributed by atoms with E-state index in [1.54, 1.807) is 38.5 Å². The molecule has 0 spiro atoms. The zero-order chi connectivity index (χ0) is 16.1. The van der Waals surface area contributed by atoms with E-state index >= 15 is 0 Å². The van der Waals surface area contributed by atoms with Crippen LogP contribution in [0.4, 0.5) is 0 Å². The summed E-state index contributed by atoms with van der Waals surface area (Å²) in [5.41, 5.74) is 1.64. The van der Waals surface area contributed by atoms with Gasteiger partial charge >= 0.3 is 0 Å². The third-order valence-electron chi connectivity index (χ3n) is 3.32. The lowest BCUT2D eigenvalue weighted by molar-refractivity contribution is 0.0991. The molecule has 0 saturated heterocycles. The number of ketones is 1. The number of hydrogen-bond donors (Lipinski definition) is 0. The lowest BCUT2D eigenvalue weighted by atomic mass is 10.0. The highest BCUT2D eigenvalue weighted by Gasteiger charge is 2.26. The van der Waals surface area contributed by atoms with Crippen LogP contribution in [0, 0.1) is 0 Å². The van der Waals surface area contributed by atoms with Gasteiger partial charge in [-0.15, -0.1) is 0 Å². The first-order chi connectivity index (χ1) is 10.6. The normalized spacial score (nSPS) is 13.3. The number of carbonyl (C=O) groups excluding carboxylic acids is 1. The van der Waals surface area contributed by atoms with E-state index < -0.39 is 0 Å². The van der Waals surface area contributed by atoms with Crippen LogP contribution in [-0.4, -0.2) is 24.8 Å². The first-order valence-corrected chi connectivity index (χ1v) is 8.50. The third kappa shape index (κ3) is 3.90. The van der Waals surface area contributed by atoms with Gasteiger partial charge in [0.1, 0.15) is 11.5 Å². The molecule has 0 aromatic heterocycles. The average Bonchev–Trinajstić information content (AvgIpc) is 2.60. The fourth-order valence-electron chi connectivity index (χ4n) is 2.00. The van der Waals surface area contributed by atoms with Crippen LogP contribution in [0.3, 0.4) is 0 Å². The molecule has 0 aliphatic rings. The van der Waals surface area contributed by atoms with Gasteiger partial charge < -0.3 is 9.47 Å². The molecule has 0 bridgehead atoms. The number of alkyl halides is 2. The van der Waals surface area contributed by atoms with Crippen molar-refractivity contribution in [3.8, 4) is 11.5 Å². The van der Waals surface area contributed by atoms with Crippen LogP contribution < -0.4 is 9.47 Å². The van der Waals surface area contributed by atoms with Gasteiger partial charge in [0.05, 0.1) is 23.9 Å². The second-order valence-corrected chi connectivity index (χ2v) is 6.64. The molecule has 0 saturated carbocycles. The number of ether oxygens (including phenoxy) is 2. The number of rotatable bonds is 6. The summed E-state index contributed by atoms with van der Waals surface area (Å²) < 4.78 is 10.2. The molecule has 0 N–H and O–H groups in total. The predicted molar refractivity (Wildman–Crippen MR) is 94.7 cm³/mol. The first kappa shape index (κ1) is 17.0. The number of benzene rings is 2. The maximum Gasteiger partial charge on any atom is 0.177 e. The van der Waals surface area contributed by atoms with E-state index in [1.807, 2.05) is 24.3 Å². The van der Waals surface area contributed by atoms with Crippen LogP contribution in [0.15, 0.2) is 48.5 Å². The number of hydrogen-bond acceptors (Lipinski definition) is 3. The fourth-order valence-corrected chi connectivity index (χ4v) is 3.12. The lowest BCUT2D eigenvalue weighted by Gasteiger charge is -2.17. The minimum atomic E-state index is -0.366. The van der Waals surface area contributed by atoms with Gasteiger partial charge in [-0.05, 0) is 42.0 Å². The van der Waals surface area contributed by atoms with Gasteiger partial charge in [-0.3, -0.25) is 4.79 Å². The molecule has 2 atom stereocenters. The smallest absolute Gasteiger partial charge is 0.177 e. The second kappa shape index (κ2) is 7.79. The Balaban J connectivity index is 2.13. The summed E-state index contributed by atoms with van der Waals surface area (Å²) >= 11 is 7.09. The first-order valence-electron chi connectivity index (χ1n) is 6.67. The van der Waals surface area contributed by atoms with Gasteiger partial charge in [0.2, 0.25) is 0 Å². The molecule has 2 rings (SSSR count). The number of carbonyl (C=O) groups is 1. The Morgan fingerprint density at radius 1 is 0.864 bits per heavy atom. The monoisotopic (exact) mass is 426 g/mol. The lowest BCUT2D eigenvalue weighted by Crippen LogP contribution is -2.19. The van der Waals surface area contributed by atoms with E-state index in [1.165, 1.54) is 0 Å². The minimum Gasteiger partial charge on any atom is -0.497 e. The molecule has 0 radical (unpaired) electrons. The predicted octanol–water partition coefficient (Wildman–Crippen LogP) is 4.79. The van der Waals surface area contributed by atoms with E-state index in [2.05, 4.69) is 31.9 Å². The molecule has 22 heavy (non-hydrogen) atoms. The Bertz CT molecular complexity index is 623. The van der Waals surface area contributed by atoms with E-state index in [9.17, 15) is 4.79 Å². The zero-order valence-electron chi connectivity index (χ0n) is 12.3. The Morgan fingerprint density at radius 2 is 1.32 bits per heavy atom. The largest absolute Gasteiger partial charge is 0.497 e. The van der Waals surface area contributed by atoms with Gasteiger partial charge in [0.15, 0.2) is 5.78 Å². The van der Waals surface area contributed by atoms with Crippen molar-refractivity contribution in [1.82, 2.24) is 0 Å². The summed E-state index contributed by atoms with van der Waals surface area (Å²) in [7, 11) is 3.23. The van der Waals surface area contributed by atoms with Crippen LogP contribution in [-0.2, 0) is 0 Å². The average molecular weight is 428 g/mol. The van der Waals surface area contributed by atoms with Gasteiger partial charge in [-0.25, -0.2) is 0 Å². The molecule has 0 amide bonds. The van der Waals surface area contributed by atoms with Crippen LogP contribution in [0.5, 0.6) is 11.5 Å². The Kier molecular flexibility index (Phi) is 6.03. The standard InChI is InChI=1S/C17H16Br2O3/c1-21-13-7-3-11(4-8-13)15(18)16(19)17(20)12-5-9-14(22-2)10-6-12/h3-10,15-16H,1-2H3. The molecule has 3 nitrogen and oxygen atoms in total. The SMILES string of the molecule is COc1ccc(C(=O)C(Br)C(Br)c2ccc(OC)cc2)cc1. The highest BCUT2D eigenvalue weighted by Crippen LogP contribution is 2.34. The summed E-state index contributed by atoms with van der Waals surface area (Å²) in [6.07, 6.45) is 0. The summed E-state index contributed by atoms with van der Waals surface area (Å²) in [4.78, 5) is 12.0. The van der Waals surface area contributed by atoms with Crippen LogP contribution in [0.1, 0.15) is 20.7 Å². The summed E-state index contributed by atoms with van der Waals surface area (Å²) in [5, 5.41) is 0. The van der Waals surface area contributed by atoms with Crippen LogP contribution in [0.2, 0.25) is 0 Å². The van der Waals surface area contributed by atoms with Crippen molar-refractivity contribution >= 4 is 37.6 Å². The molecule has 0 aliphatic carbocycles. The third-order valence-corrected chi connectivity index (χ3v) is 6.03. The Labute approximate surface area is 146 Å². The summed E-state index contributed by atoms with van der Waals surface area (Å²) in [6, 6.07) is 14.7. The van der Waals surface area contributed by atoms with Gasteiger partial charge in [0.25, 0.3) is 0 Å². The zero-order valence-corrected chi connectivity index (χ0v) is 15.4. The number of methoxy groups -OCH3 is 2. The van der Waals surface area contributed by atoms with Crippen molar-refractivity contribution < 1.29 is 14.3 Å². The van der Waals surface area contributed by atoms with E-state index in [0.717, 1.165) is 17.1 Å². The molecule has 2 unspecified atom stereocenters. The van der Waals surface area contributed by atoms with E-state index in [4.69, 9.17) is 9.47 Å². The molecular formula is C17H16Br2O3. The topological polar surface area (TPSA) is 35.5 Å². The molecule has 2 aromatic carbocycles. The summed E-state index contributed by atoms with van der Waals surface area (Å²) in [6.45, 7) is 0. The van der Waals surface area contributed by atoms with Crippen LogP contribution in [0.25, 0.3) is 0 Å². The molecule has 116 valence electrons. The Morgan fingerprint density at radius 3 is 1.77 bits per heavy atom. The van der Waals surface area contributed by atoms with E-state index in [-0.39, 0.29) is 15.4 Å². The van der Waals surface area contributed by atoms with Gasteiger partial charge in [-0.1, -0.05) is 44.0 Å². The molecular weight excluding hydrogens is 412 g/mol. The van der Waals surface area contributed by atoms with Crippen molar-refractivity contribution in [2.24, 2.45) is 0 Å². The molecule has 0 fully saturated rings. The van der Waals surface area contributed by atoms with Gasteiger partial charge in [-0.2, -0.15) is 0 Å². The van der Waals surface area contributed by atoms with Crippen molar-refractivity contribution in [3.63, 3.8) is 0 Å². The Hall–Kier alpha value is -1.33. The van der Waals surface area contributed by atoms with Gasteiger partial charge in [0, 0.05) is 5.56 Å². The van der Waals surface area contributed by atoms with Crippen molar-refractivity contribution in [2.75, 3.05) is 14.2 Å². The van der Waals surface area contributed by atoms with Crippen molar-refractivity contribution in [3.05, 3.63) is 59.7 Å². The van der Waals surface area contributed by atoms with Crippen LogP contribution >= 0.6 is 31.9 Å². The molecule has 2 aromatic rings. The van der Waals surface area contributed by atoms with Crippen molar-refractivity contribution in [2.45, 2.75) is 9.65 Å². The summed E-state index contributed by atoms with van der Waals surface area (Å²) in [5.74, 6) is 1.53. The molecule has 0 aliphatic heterocycles. The van der Waals surface area contributed by atoms with E-state index in [0.29, 0.717) is 5.56 Å². The quantitative estimate of drug-likeness (QED) is 0.491. The highest BCUT2D eigenvalue weighted by molar-refractivity contribution is 9.12. The molecule has 0 heterocycles. The minimum absolute atomic E-state index is 0.0142. The fraction of sp³-hybridized carbons (Fsp3) is 0.235. The second-order valence-electron chi connectivity index (χ2n) is 4.67. The maximum atomic E-state index is 12.5. The van der Waals surface area contributed by atoms with Crippen molar-refractivity contribution in [1.29, 1.82) is 0 Å². The number of Topliss-reactive ketones (excluding diaryl/α,β-unsaturated/α-hetero) is 1. The maximum absolute atomic E-state index is 12.5. The molecule has 5 heteroatoms. The number of halogens is 2. The highest BCUT2D eigenvalue weighted by atomic mass is 79.9.